The van der Waals surface area contributed by atoms with Crippen LogP contribution in [0.4, 0.5) is 5.69 Å². The molecule has 0 aliphatic carbocycles. The van der Waals surface area contributed by atoms with Crippen molar-refractivity contribution in [1.82, 2.24) is 10.2 Å². The second-order valence-corrected chi connectivity index (χ2v) is 7.81. The van der Waals surface area contributed by atoms with Gasteiger partial charge in [-0.3, -0.25) is 4.79 Å². The highest BCUT2D eigenvalue weighted by molar-refractivity contribution is 7.99. The molecule has 6 nitrogen and oxygen atoms in total. The number of hydrogen-bond acceptors (Lipinski definition) is 6. The van der Waals surface area contributed by atoms with Crippen LogP contribution in [-0.2, 0) is 11.4 Å². The van der Waals surface area contributed by atoms with E-state index in [1.807, 2.05) is 74.5 Å². The van der Waals surface area contributed by atoms with Gasteiger partial charge in [-0.15, -0.1) is 10.2 Å². The minimum Gasteiger partial charge on any atom is -0.484 e. The molecule has 0 fully saturated rings. The fourth-order valence-corrected chi connectivity index (χ4v) is 3.59. The maximum Gasteiger partial charge on any atom is 0.277 e. The first-order chi connectivity index (χ1) is 14.6. The molecular formula is C23H21N3O3S. The molecule has 1 aromatic heterocycles. The average Bonchev–Trinajstić information content (AvgIpc) is 3.21. The molecule has 3 aromatic carbocycles. The Labute approximate surface area is 178 Å². The lowest BCUT2D eigenvalue weighted by Crippen LogP contribution is -2.14. The van der Waals surface area contributed by atoms with Gasteiger partial charge in [0.15, 0.2) is 6.61 Å². The van der Waals surface area contributed by atoms with Crippen molar-refractivity contribution < 1.29 is 13.9 Å². The largest absolute Gasteiger partial charge is 0.484 e. The van der Waals surface area contributed by atoms with Crippen molar-refractivity contribution in [2.45, 2.75) is 25.7 Å². The number of benzene rings is 3. The van der Waals surface area contributed by atoms with Crippen molar-refractivity contribution in [2.24, 2.45) is 0 Å². The fraction of sp³-hybridized carbons (Fsp3) is 0.174. The zero-order chi connectivity index (χ0) is 20.9. The molecule has 0 saturated carbocycles. The normalized spacial score (nSPS) is 10.9. The van der Waals surface area contributed by atoms with E-state index < -0.39 is 0 Å². The summed E-state index contributed by atoms with van der Waals surface area (Å²) in [7, 11) is 0. The Balaban J connectivity index is 1.31. The van der Waals surface area contributed by atoms with Crippen molar-refractivity contribution in [2.75, 3.05) is 11.1 Å². The quantitative estimate of drug-likeness (QED) is 0.418. The molecule has 0 unspecified atom stereocenters. The lowest BCUT2D eigenvalue weighted by molar-refractivity contribution is -0.113. The number of hydrogen-bond donors (Lipinski definition) is 1. The van der Waals surface area contributed by atoms with E-state index in [9.17, 15) is 4.79 Å². The molecule has 0 aliphatic heterocycles. The lowest BCUT2D eigenvalue weighted by Gasteiger charge is -2.08. The van der Waals surface area contributed by atoms with E-state index >= 15 is 0 Å². The van der Waals surface area contributed by atoms with E-state index in [2.05, 4.69) is 15.5 Å². The zero-order valence-corrected chi connectivity index (χ0v) is 17.5. The summed E-state index contributed by atoms with van der Waals surface area (Å²) in [6, 6.07) is 19.8. The van der Waals surface area contributed by atoms with Crippen molar-refractivity contribution >= 4 is 34.1 Å². The van der Waals surface area contributed by atoms with Gasteiger partial charge in [-0.1, -0.05) is 60.3 Å². The van der Waals surface area contributed by atoms with Crippen LogP contribution < -0.4 is 10.1 Å². The van der Waals surface area contributed by atoms with E-state index in [4.69, 9.17) is 9.15 Å². The van der Waals surface area contributed by atoms with E-state index in [0.717, 1.165) is 33.3 Å². The Morgan fingerprint density at radius 2 is 1.90 bits per heavy atom. The number of aromatic nitrogens is 2. The molecule has 0 radical (unpaired) electrons. The zero-order valence-electron chi connectivity index (χ0n) is 16.7. The molecule has 0 bridgehead atoms. The molecule has 0 saturated heterocycles. The second kappa shape index (κ2) is 9.00. The maximum atomic E-state index is 12.4. The number of carbonyl (C=O) groups is 1. The highest BCUT2D eigenvalue weighted by Gasteiger charge is 2.12. The number of fused-ring (bicyclic) bond motifs is 1. The van der Waals surface area contributed by atoms with Gasteiger partial charge in [0.2, 0.25) is 5.91 Å². The van der Waals surface area contributed by atoms with Gasteiger partial charge in [-0.05, 0) is 42.5 Å². The van der Waals surface area contributed by atoms with Crippen LogP contribution in [0, 0.1) is 13.8 Å². The maximum absolute atomic E-state index is 12.4. The summed E-state index contributed by atoms with van der Waals surface area (Å²) in [6.45, 7) is 4.18. The van der Waals surface area contributed by atoms with Crippen LogP contribution in [-0.4, -0.2) is 21.9 Å². The topological polar surface area (TPSA) is 77.2 Å². The first kappa shape index (κ1) is 20.0. The van der Waals surface area contributed by atoms with E-state index in [1.165, 1.54) is 11.8 Å². The van der Waals surface area contributed by atoms with Crippen LogP contribution in [0.2, 0.25) is 0 Å². The van der Waals surface area contributed by atoms with Gasteiger partial charge < -0.3 is 14.5 Å². The lowest BCUT2D eigenvalue weighted by atomic mass is 10.1. The van der Waals surface area contributed by atoms with Crippen LogP contribution in [0.15, 0.2) is 70.3 Å². The van der Waals surface area contributed by atoms with Gasteiger partial charge in [0, 0.05) is 11.1 Å². The summed E-state index contributed by atoms with van der Waals surface area (Å²) >= 11 is 1.19. The van der Waals surface area contributed by atoms with Crippen molar-refractivity contribution in [1.29, 1.82) is 0 Å². The van der Waals surface area contributed by atoms with Crippen LogP contribution >= 0.6 is 11.8 Å². The van der Waals surface area contributed by atoms with Gasteiger partial charge in [0.25, 0.3) is 11.1 Å². The smallest absolute Gasteiger partial charge is 0.277 e. The molecule has 4 aromatic rings. The van der Waals surface area contributed by atoms with E-state index in [0.29, 0.717) is 11.1 Å². The molecule has 1 amide bonds. The summed E-state index contributed by atoms with van der Waals surface area (Å²) < 4.78 is 11.4. The number of nitrogens with zero attached hydrogens (tertiary/aromatic N) is 2. The van der Waals surface area contributed by atoms with Gasteiger partial charge >= 0.3 is 0 Å². The third kappa shape index (κ3) is 4.80. The van der Waals surface area contributed by atoms with Crippen LogP contribution in [0.25, 0.3) is 10.8 Å². The molecule has 1 N–H and O–H groups in total. The molecule has 0 atom stereocenters. The predicted molar refractivity (Wildman–Crippen MR) is 118 cm³/mol. The fourth-order valence-electron chi connectivity index (χ4n) is 3.01. The SMILES string of the molecule is Cc1ccc(C)c(OCc2nnc(SCC(=O)Nc3cccc4ccccc34)o2)c1. The van der Waals surface area contributed by atoms with Gasteiger partial charge in [0.05, 0.1) is 5.75 Å². The summed E-state index contributed by atoms with van der Waals surface area (Å²) in [6.07, 6.45) is 0. The van der Waals surface area contributed by atoms with Crippen LogP contribution in [0.1, 0.15) is 17.0 Å². The number of nitrogens with one attached hydrogen (secondary N) is 1. The monoisotopic (exact) mass is 419 g/mol. The number of amides is 1. The minimum atomic E-state index is -0.136. The van der Waals surface area contributed by atoms with Gasteiger partial charge in [0.1, 0.15) is 5.75 Å². The molecule has 4 rings (SSSR count). The summed E-state index contributed by atoms with van der Waals surface area (Å²) in [4.78, 5) is 12.4. The van der Waals surface area contributed by atoms with Gasteiger partial charge in [-0.25, -0.2) is 0 Å². The van der Waals surface area contributed by atoms with Crippen molar-refractivity contribution in [3.8, 4) is 5.75 Å². The highest BCUT2D eigenvalue weighted by atomic mass is 32.2. The number of thioether (sulfide) groups is 1. The molecule has 0 spiro atoms. The molecule has 30 heavy (non-hydrogen) atoms. The average molecular weight is 420 g/mol. The van der Waals surface area contributed by atoms with Crippen molar-refractivity contribution in [3.05, 3.63) is 77.7 Å². The number of carbonyl (C=O) groups excluding carboxylic acids is 1. The summed E-state index contributed by atoms with van der Waals surface area (Å²) in [5, 5.41) is 13.3. The number of anilines is 1. The summed E-state index contributed by atoms with van der Waals surface area (Å²) in [5.74, 6) is 1.19. The molecule has 0 aliphatic rings. The molecule has 1 heterocycles. The minimum absolute atomic E-state index is 0.136. The first-order valence-electron chi connectivity index (χ1n) is 9.51. The van der Waals surface area contributed by atoms with Crippen LogP contribution in [0.5, 0.6) is 5.75 Å². The first-order valence-corrected chi connectivity index (χ1v) is 10.5. The number of ether oxygens (including phenoxy) is 1. The third-order valence-electron chi connectivity index (χ3n) is 4.53. The second-order valence-electron chi connectivity index (χ2n) is 6.88. The molecule has 152 valence electrons. The van der Waals surface area contributed by atoms with Gasteiger partial charge in [-0.2, -0.15) is 0 Å². The number of rotatable bonds is 7. The van der Waals surface area contributed by atoms with Crippen LogP contribution in [0.3, 0.4) is 0 Å². The molecular weight excluding hydrogens is 398 g/mol. The third-order valence-corrected chi connectivity index (χ3v) is 5.35. The molecule has 7 heteroatoms. The van der Waals surface area contributed by atoms with E-state index in [-0.39, 0.29) is 18.3 Å². The number of aryl methyl sites for hydroxylation is 2. The summed E-state index contributed by atoms with van der Waals surface area (Å²) in [5.41, 5.74) is 2.95. The predicted octanol–water partition coefficient (Wildman–Crippen LogP) is 5.15. The Morgan fingerprint density at radius 1 is 1.07 bits per heavy atom. The highest BCUT2D eigenvalue weighted by Crippen LogP contribution is 2.24. The Hall–Kier alpha value is -3.32. The Kier molecular flexibility index (Phi) is 5.99. The Bertz CT molecular complexity index is 1180. The Morgan fingerprint density at radius 3 is 2.80 bits per heavy atom. The standard InChI is InChI=1S/C23H21N3O3S/c1-15-10-11-16(2)20(12-15)28-13-22-25-26-23(29-22)30-14-21(27)24-19-9-5-7-17-6-3-4-8-18(17)19/h3-12H,13-14H2,1-2H3,(H,24,27). The van der Waals surface area contributed by atoms with Crippen molar-refractivity contribution in [3.63, 3.8) is 0 Å². The van der Waals surface area contributed by atoms with E-state index in [1.54, 1.807) is 0 Å².